The zero-order valence-corrected chi connectivity index (χ0v) is 12.8. The lowest BCUT2D eigenvalue weighted by Crippen LogP contribution is -2.18. The van der Waals surface area contributed by atoms with Crippen LogP contribution < -0.4 is 10.2 Å². The Bertz CT molecular complexity index is 776. The van der Waals surface area contributed by atoms with E-state index in [1.54, 1.807) is 6.20 Å². The fraction of sp³-hybridized carbons (Fsp3) is 0.467. The van der Waals surface area contributed by atoms with Crippen molar-refractivity contribution in [2.45, 2.75) is 19.3 Å². The first-order valence-corrected chi connectivity index (χ1v) is 8.27. The van der Waals surface area contributed by atoms with Crippen LogP contribution in [-0.2, 0) is 4.79 Å². The van der Waals surface area contributed by atoms with E-state index in [0.717, 1.165) is 47.7 Å². The third-order valence-corrected chi connectivity index (χ3v) is 5.26. The van der Waals surface area contributed by atoms with Crippen LogP contribution in [0.3, 0.4) is 0 Å². The third-order valence-electron chi connectivity index (χ3n) is 4.12. The highest BCUT2D eigenvalue weighted by Gasteiger charge is 2.30. The van der Waals surface area contributed by atoms with Crippen LogP contribution in [-0.4, -0.2) is 29.0 Å². The molecule has 4 rings (SSSR count). The van der Waals surface area contributed by atoms with Crippen LogP contribution in [0.25, 0.3) is 10.2 Å². The number of nitrogens with one attached hydrogen (secondary N) is 1. The molecular formula is C15H15N5OS. The van der Waals surface area contributed by atoms with E-state index in [0.29, 0.717) is 5.82 Å². The molecule has 0 spiro atoms. The lowest BCUT2D eigenvalue weighted by Gasteiger charge is -2.12. The van der Waals surface area contributed by atoms with E-state index in [2.05, 4.69) is 26.3 Å². The summed E-state index contributed by atoms with van der Waals surface area (Å²) < 4.78 is 0.909. The second kappa shape index (κ2) is 5.21. The number of nitrogens with zero attached hydrogens (tertiary/aromatic N) is 4. The van der Waals surface area contributed by atoms with Crippen molar-refractivity contribution >= 4 is 38.4 Å². The van der Waals surface area contributed by atoms with Crippen molar-refractivity contribution in [3.05, 3.63) is 12.3 Å². The van der Waals surface area contributed by atoms with E-state index in [1.807, 2.05) is 6.07 Å². The summed E-state index contributed by atoms with van der Waals surface area (Å²) >= 11 is 1.54. The average Bonchev–Trinajstić information content (AvgIpc) is 3.11. The molecule has 2 fully saturated rings. The van der Waals surface area contributed by atoms with Crippen LogP contribution in [0, 0.1) is 23.2 Å². The standard InChI is InChI=1S/C15H15N5OS/c16-7-9-4-6-20(8-9)15-18-11-3-5-17-13(12(11)22-15)19-14(21)10-1-2-10/h3,5,9-10H,1-2,4,6,8H2,(H,17,19,21)/t9-/m0/s1. The number of carbonyl (C=O) groups is 1. The highest BCUT2D eigenvalue weighted by atomic mass is 32.1. The Hall–Kier alpha value is -2.20. The molecule has 6 nitrogen and oxygen atoms in total. The van der Waals surface area contributed by atoms with Crippen molar-refractivity contribution < 1.29 is 4.79 Å². The maximum atomic E-state index is 11.9. The number of hydrogen-bond acceptors (Lipinski definition) is 6. The lowest BCUT2D eigenvalue weighted by atomic mass is 10.1. The predicted molar refractivity (Wildman–Crippen MR) is 84.7 cm³/mol. The molecule has 1 saturated heterocycles. The summed E-state index contributed by atoms with van der Waals surface area (Å²) in [7, 11) is 0. The average molecular weight is 313 g/mol. The molecule has 1 aliphatic carbocycles. The molecule has 1 amide bonds. The maximum Gasteiger partial charge on any atom is 0.228 e. The van der Waals surface area contributed by atoms with Gasteiger partial charge >= 0.3 is 0 Å². The molecule has 7 heteroatoms. The minimum absolute atomic E-state index is 0.0562. The fourth-order valence-corrected chi connectivity index (χ4v) is 3.71. The first-order valence-electron chi connectivity index (χ1n) is 7.45. The first kappa shape index (κ1) is 13.5. The largest absolute Gasteiger partial charge is 0.347 e. The predicted octanol–water partition coefficient (Wildman–Crippen LogP) is 2.39. The quantitative estimate of drug-likeness (QED) is 0.941. The molecule has 1 atom stereocenters. The van der Waals surface area contributed by atoms with Crippen molar-refractivity contribution in [3.8, 4) is 6.07 Å². The van der Waals surface area contributed by atoms with Gasteiger partial charge in [0, 0.05) is 25.2 Å². The number of fused-ring (bicyclic) bond motifs is 1. The summed E-state index contributed by atoms with van der Waals surface area (Å²) in [5.74, 6) is 0.897. The zero-order valence-electron chi connectivity index (χ0n) is 12.0. The van der Waals surface area contributed by atoms with Gasteiger partial charge in [-0.15, -0.1) is 0 Å². The molecule has 2 aromatic heterocycles. The number of thiazole rings is 1. The van der Waals surface area contributed by atoms with Gasteiger partial charge in [-0.25, -0.2) is 9.97 Å². The Kier molecular flexibility index (Phi) is 3.19. The van der Waals surface area contributed by atoms with E-state index in [1.165, 1.54) is 11.3 Å². The molecular weight excluding hydrogens is 298 g/mol. The van der Waals surface area contributed by atoms with Gasteiger partial charge in [0.15, 0.2) is 10.9 Å². The highest BCUT2D eigenvalue weighted by molar-refractivity contribution is 7.22. The molecule has 0 bridgehead atoms. The van der Waals surface area contributed by atoms with E-state index in [4.69, 9.17) is 5.26 Å². The fourth-order valence-electron chi connectivity index (χ4n) is 2.67. The van der Waals surface area contributed by atoms with Gasteiger partial charge in [0.2, 0.25) is 5.91 Å². The number of amides is 1. The van der Waals surface area contributed by atoms with Crippen LogP contribution in [0.2, 0.25) is 0 Å². The minimum Gasteiger partial charge on any atom is -0.347 e. The molecule has 2 aliphatic rings. The topological polar surface area (TPSA) is 81.9 Å². The summed E-state index contributed by atoms with van der Waals surface area (Å²) in [5, 5.41) is 12.8. The zero-order chi connectivity index (χ0) is 15.1. The van der Waals surface area contributed by atoms with Crippen LogP contribution >= 0.6 is 11.3 Å². The van der Waals surface area contributed by atoms with E-state index in [-0.39, 0.29) is 17.7 Å². The number of rotatable bonds is 3. The van der Waals surface area contributed by atoms with Gasteiger partial charge in [0.25, 0.3) is 0 Å². The molecule has 0 radical (unpaired) electrons. The molecule has 1 aliphatic heterocycles. The van der Waals surface area contributed by atoms with Crippen LogP contribution in [0.1, 0.15) is 19.3 Å². The monoisotopic (exact) mass is 313 g/mol. The van der Waals surface area contributed by atoms with Crippen molar-refractivity contribution in [1.29, 1.82) is 5.26 Å². The van der Waals surface area contributed by atoms with Crippen LogP contribution in [0.5, 0.6) is 0 Å². The number of nitriles is 1. The SMILES string of the molecule is N#C[C@@H]1CCN(c2nc3ccnc(NC(=O)C4CC4)c3s2)C1. The molecule has 3 heterocycles. The van der Waals surface area contributed by atoms with E-state index >= 15 is 0 Å². The van der Waals surface area contributed by atoms with Crippen molar-refractivity contribution in [3.63, 3.8) is 0 Å². The summed E-state index contributed by atoms with van der Waals surface area (Å²) in [4.78, 5) is 23.0. The number of anilines is 2. The molecule has 1 N–H and O–H groups in total. The number of hydrogen-bond donors (Lipinski definition) is 1. The van der Waals surface area contributed by atoms with Crippen molar-refractivity contribution in [1.82, 2.24) is 9.97 Å². The lowest BCUT2D eigenvalue weighted by molar-refractivity contribution is -0.117. The normalized spacial score (nSPS) is 21.0. The highest BCUT2D eigenvalue weighted by Crippen LogP contribution is 2.36. The van der Waals surface area contributed by atoms with Gasteiger partial charge in [0.1, 0.15) is 0 Å². The van der Waals surface area contributed by atoms with Gasteiger partial charge in [-0.1, -0.05) is 11.3 Å². The molecule has 112 valence electrons. The summed E-state index contributed by atoms with van der Waals surface area (Å²) in [6.07, 6.45) is 4.50. The summed E-state index contributed by atoms with van der Waals surface area (Å²) in [6, 6.07) is 4.18. The molecule has 0 aromatic carbocycles. The van der Waals surface area contributed by atoms with Crippen molar-refractivity contribution in [2.75, 3.05) is 23.3 Å². The Morgan fingerprint density at radius 1 is 1.45 bits per heavy atom. The molecule has 0 unspecified atom stereocenters. The number of pyridine rings is 1. The van der Waals surface area contributed by atoms with Gasteiger partial charge in [-0.05, 0) is 25.3 Å². The Labute approximate surface area is 131 Å². The summed E-state index contributed by atoms with van der Waals surface area (Å²) in [5.41, 5.74) is 0.849. The molecule has 1 saturated carbocycles. The van der Waals surface area contributed by atoms with Gasteiger partial charge in [-0.3, -0.25) is 4.79 Å². The van der Waals surface area contributed by atoms with Gasteiger partial charge in [0.05, 0.1) is 22.2 Å². The van der Waals surface area contributed by atoms with E-state index < -0.39 is 0 Å². The number of aromatic nitrogens is 2. The van der Waals surface area contributed by atoms with Crippen LogP contribution in [0.15, 0.2) is 12.3 Å². The minimum atomic E-state index is 0.0562. The maximum absolute atomic E-state index is 11.9. The summed E-state index contributed by atoms with van der Waals surface area (Å²) in [6.45, 7) is 1.59. The third kappa shape index (κ3) is 2.40. The first-order chi connectivity index (χ1) is 10.7. The van der Waals surface area contributed by atoms with Gasteiger partial charge in [-0.2, -0.15) is 5.26 Å². The van der Waals surface area contributed by atoms with E-state index in [9.17, 15) is 4.79 Å². The Morgan fingerprint density at radius 3 is 3.05 bits per heavy atom. The van der Waals surface area contributed by atoms with Crippen molar-refractivity contribution in [2.24, 2.45) is 11.8 Å². The molecule has 22 heavy (non-hydrogen) atoms. The second-order valence-corrected chi connectivity index (χ2v) is 6.81. The van der Waals surface area contributed by atoms with Crippen LogP contribution in [0.4, 0.5) is 10.9 Å². The van der Waals surface area contributed by atoms with Gasteiger partial charge < -0.3 is 10.2 Å². The smallest absolute Gasteiger partial charge is 0.228 e. The Morgan fingerprint density at radius 2 is 2.32 bits per heavy atom. The Balaban J connectivity index is 1.63. The second-order valence-electron chi connectivity index (χ2n) is 5.83. The number of carbonyl (C=O) groups excluding carboxylic acids is 1. The molecule has 2 aromatic rings.